The Morgan fingerprint density at radius 1 is 1.35 bits per heavy atom. The van der Waals surface area contributed by atoms with Crippen LogP contribution in [0.2, 0.25) is 5.02 Å². The molecule has 0 radical (unpaired) electrons. The Hall–Kier alpha value is -1.61. The van der Waals surface area contributed by atoms with Gasteiger partial charge in [0.25, 0.3) is 5.56 Å². The van der Waals surface area contributed by atoms with Crippen molar-refractivity contribution in [2.24, 2.45) is 0 Å². The van der Waals surface area contributed by atoms with Crippen LogP contribution in [-0.2, 0) is 6.18 Å². The lowest BCUT2D eigenvalue weighted by atomic mass is 9.97. The molecule has 0 spiro atoms. The minimum atomic E-state index is -4.40. The van der Waals surface area contributed by atoms with Gasteiger partial charge in [-0.1, -0.05) is 11.6 Å². The van der Waals surface area contributed by atoms with Crippen molar-refractivity contribution in [1.29, 1.82) is 0 Å². The van der Waals surface area contributed by atoms with Gasteiger partial charge in [0.2, 0.25) is 0 Å². The second-order valence-electron chi connectivity index (χ2n) is 5.23. The highest BCUT2D eigenvalue weighted by atomic mass is 35.5. The van der Waals surface area contributed by atoms with Gasteiger partial charge in [0.05, 0.1) is 16.9 Å². The first-order chi connectivity index (χ1) is 10.9. The molecule has 5 nitrogen and oxygen atoms in total. The third kappa shape index (κ3) is 3.35. The van der Waals surface area contributed by atoms with Gasteiger partial charge in [-0.05, 0) is 12.8 Å². The van der Waals surface area contributed by atoms with E-state index in [1.807, 2.05) is 4.90 Å². The molecule has 0 atom stereocenters. The van der Waals surface area contributed by atoms with Crippen molar-refractivity contribution in [3.63, 3.8) is 0 Å². The van der Waals surface area contributed by atoms with Crippen molar-refractivity contribution in [3.8, 4) is 0 Å². The zero-order valence-corrected chi connectivity index (χ0v) is 13.3. The summed E-state index contributed by atoms with van der Waals surface area (Å²) in [6.45, 7) is 1.16. The van der Waals surface area contributed by atoms with Gasteiger partial charge in [-0.25, -0.2) is 10.1 Å². The van der Waals surface area contributed by atoms with Gasteiger partial charge in [0, 0.05) is 24.4 Å². The summed E-state index contributed by atoms with van der Waals surface area (Å²) < 4.78 is 37.8. The summed E-state index contributed by atoms with van der Waals surface area (Å²) in [5, 5.41) is 7.62. The number of aromatic amines is 1. The van der Waals surface area contributed by atoms with Gasteiger partial charge < -0.3 is 4.90 Å². The highest BCUT2D eigenvalue weighted by molar-refractivity contribution is 7.09. The smallest absolute Gasteiger partial charge is 0.369 e. The number of H-pyrrole nitrogens is 1. The number of nitrogens with one attached hydrogen (secondary N) is 1. The molecule has 0 aliphatic carbocycles. The Kier molecular flexibility index (Phi) is 4.33. The number of hydrogen-bond acceptors (Lipinski definition) is 5. The molecule has 3 rings (SSSR count). The molecule has 1 fully saturated rings. The predicted molar refractivity (Wildman–Crippen MR) is 81.2 cm³/mol. The summed E-state index contributed by atoms with van der Waals surface area (Å²) in [6, 6.07) is 0. The van der Waals surface area contributed by atoms with Gasteiger partial charge in [0.1, 0.15) is 5.02 Å². The van der Waals surface area contributed by atoms with Crippen molar-refractivity contribution < 1.29 is 13.2 Å². The lowest BCUT2D eigenvalue weighted by molar-refractivity contribution is -0.140. The quantitative estimate of drug-likeness (QED) is 0.888. The summed E-state index contributed by atoms with van der Waals surface area (Å²) in [7, 11) is 0. The van der Waals surface area contributed by atoms with Crippen molar-refractivity contribution >= 4 is 28.6 Å². The van der Waals surface area contributed by atoms with Crippen molar-refractivity contribution in [2.75, 3.05) is 18.0 Å². The summed E-state index contributed by atoms with van der Waals surface area (Å²) in [6.07, 6.45) is -1.63. The van der Waals surface area contributed by atoms with Gasteiger partial charge in [0.15, 0.2) is 5.69 Å². The van der Waals surface area contributed by atoms with Crippen LogP contribution >= 0.6 is 22.9 Å². The van der Waals surface area contributed by atoms with Crippen LogP contribution in [0.15, 0.2) is 16.4 Å². The second kappa shape index (κ2) is 6.12. The molecule has 1 saturated heterocycles. The Bertz CT molecular complexity index is 752. The van der Waals surface area contributed by atoms with Crippen LogP contribution < -0.4 is 10.5 Å². The fraction of sp³-hybridized carbons (Fsp3) is 0.462. The Morgan fingerprint density at radius 2 is 2.04 bits per heavy atom. The maximum Gasteiger partial charge on any atom is 0.434 e. The highest BCUT2D eigenvalue weighted by Crippen LogP contribution is 2.36. The third-order valence-corrected chi connectivity index (χ3v) is 5.15. The lowest BCUT2D eigenvalue weighted by Gasteiger charge is -2.32. The number of hydrogen-bond donors (Lipinski definition) is 1. The van der Waals surface area contributed by atoms with Crippen LogP contribution in [0.3, 0.4) is 0 Å². The standard InChI is InChI=1S/C13H12ClF3N4OS/c14-10-8(5-18-20-11(10)22)21-3-1-7(2-4-21)12-19-9(6-23-12)13(15,16)17/h5-7H,1-4H2,(H,20,22). The zero-order chi connectivity index (χ0) is 16.6. The monoisotopic (exact) mass is 364 g/mol. The molecule has 0 unspecified atom stereocenters. The first kappa shape index (κ1) is 16.3. The Balaban J connectivity index is 1.70. The van der Waals surface area contributed by atoms with Crippen LogP contribution in [0, 0.1) is 0 Å². The van der Waals surface area contributed by atoms with Crippen molar-refractivity contribution in [2.45, 2.75) is 24.9 Å². The van der Waals surface area contributed by atoms with E-state index >= 15 is 0 Å². The summed E-state index contributed by atoms with van der Waals surface area (Å²) in [5.74, 6) is -0.0129. The van der Waals surface area contributed by atoms with Crippen LogP contribution in [0.4, 0.5) is 18.9 Å². The van der Waals surface area contributed by atoms with E-state index in [1.165, 1.54) is 6.20 Å². The Labute approximate surface area is 138 Å². The molecular weight excluding hydrogens is 353 g/mol. The maximum absolute atomic E-state index is 12.6. The molecule has 1 N–H and O–H groups in total. The summed E-state index contributed by atoms with van der Waals surface area (Å²) >= 11 is 7.02. The van der Waals surface area contributed by atoms with E-state index in [2.05, 4.69) is 15.2 Å². The number of thiazole rings is 1. The molecule has 1 aliphatic heterocycles. The number of rotatable bonds is 2. The lowest BCUT2D eigenvalue weighted by Crippen LogP contribution is -2.34. The molecule has 0 saturated carbocycles. The van der Waals surface area contributed by atoms with Crippen molar-refractivity contribution in [3.05, 3.63) is 37.7 Å². The minimum absolute atomic E-state index is 0.0129. The van der Waals surface area contributed by atoms with E-state index in [-0.39, 0.29) is 10.9 Å². The molecule has 0 aromatic carbocycles. The van der Waals surface area contributed by atoms with Gasteiger partial charge in [-0.15, -0.1) is 11.3 Å². The molecule has 10 heteroatoms. The van der Waals surface area contributed by atoms with E-state index in [0.29, 0.717) is 36.6 Å². The highest BCUT2D eigenvalue weighted by Gasteiger charge is 2.35. The number of anilines is 1. The van der Waals surface area contributed by atoms with Crippen molar-refractivity contribution in [1.82, 2.24) is 15.2 Å². The molecule has 124 valence electrons. The van der Waals surface area contributed by atoms with Crippen LogP contribution in [0.1, 0.15) is 29.5 Å². The minimum Gasteiger partial charge on any atom is -0.369 e. The second-order valence-corrected chi connectivity index (χ2v) is 6.50. The SMILES string of the molecule is O=c1[nH]ncc(N2CCC(c3nc(C(F)(F)F)cs3)CC2)c1Cl. The van der Waals surface area contributed by atoms with Crippen LogP contribution in [-0.4, -0.2) is 28.3 Å². The summed E-state index contributed by atoms with van der Waals surface area (Å²) in [4.78, 5) is 17.1. The number of aromatic nitrogens is 3. The number of nitrogens with zero attached hydrogens (tertiary/aromatic N) is 3. The van der Waals surface area contributed by atoms with E-state index in [9.17, 15) is 18.0 Å². The third-order valence-electron chi connectivity index (χ3n) is 3.77. The fourth-order valence-corrected chi connectivity index (χ4v) is 3.78. The van der Waals surface area contributed by atoms with E-state index in [4.69, 9.17) is 11.6 Å². The van der Waals surface area contributed by atoms with E-state index in [1.54, 1.807) is 0 Å². The average molecular weight is 365 g/mol. The van der Waals surface area contributed by atoms with Gasteiger partial charge >= 0.3 is 6.18 Å². The molecule has 3 heterocycles. The molecule has 0 amide bonds. The van der Waals surface area contributed by atoms with E-state index < -0.39 is 17.4 Å². The zero-order valence-electron chi connectivity index (χ0n) is 11.7. The number of piperidine rings is 1. The van der Waals surface area contributed by atoms with Gasteiger partial charge in [-0.2, -0.15) is 18.3 Å². The Morgan fingerprint density at radius 3 is 2.65 bits per heavy atom. The molecule has 23 heavy (non-hydrogen) atoms. The first-order valence-electron chi connectivity index (χ1n) is 6.87. The topological polar surface area (TPSA) is 61.9 Å². The molecular formula is C13H12ClF3N4OS. The van der Waals surface area contributed by atoms with Crippen LogP contribution in [0.5, 0.6) is 0 Å². The molecule has 1 aliphatic rings. The van der Waals surface area contributed by atoms with E-state index in [0.717, 1.165) is 16.7 Å². The molecule has 2 aromatic heterocycles. The van der Waals surface area contributed by atoms with Crippen LogP contribution in [0.25, 0.3) is 0 Å². The first-order valence-corrected chi connectivity index (χ1v) is 8.13. The molecule has 0 bridgehead atoms. The normalized spacial score (nSPS) is 16.8. The number of halogens is 4. The number of alkyl halides is 3. The predicted octanol–water partition coefficient (Wildman–Crippen LogP) is 3.28. The fourth-order valence-electron chi connectivity index (χ4n) is 2.57. The largest absolute Gasteiger partial charge is 0.434 e. The average Bonchev–Trinajstić information content (AvgIpc) is 3.00. The molecule has 2 aromatic rings. The van der Waals surface area contributed by atoms with Gasteiger partial charge in [-0.3, -0.25) is 4.79 Å². The maximum atomic E-state index is 12.6. The summed E-state index contributed by atoms with van der Waals surface area (Å²) in [5.41, 5.74) is -0.744.